The Labute approximate surface area is 252 Å². The van der Waals surface area contributed by atoms with E-state index in [9.17, 15) is 9.59 Å². The molecule has 1 aliphatic heterocycles. The van der Waals surface area contributed by atoms with Crippen LogP contribution >= 0.6 is 11.3 Å². The van der Waals surface area contributed by atoms with Crippen molar-refractivity contribution in [2.24, 2.45) is 11.3 Å². The third-order valence-electron chi connectivity index (χ3n) is 9.43. The van der Waals surface area contributed by atoms with E-state index in [2.05, 4.69) is 72.0 Å². The summed E-state index contributed by atoms with van der Waals surface area (Å²) < 4.78 is 0. The fourth-order valence-corrected chi connectivity index (χ4v) is 7.66. The van der Waals surface area contributed by atoms with Crippen LogP contribution in [0.2, 0.25) is 0 Å². The minimum absolute atomic E-state index is 0.140. The fourth-order valence-electron chi connectivity index (χ4n) is 6.68. The van der Waals surface area contributed by atoms with Crippen molar-refractivity contribution in [3.8, 4) is 11.1 Å². The number of likely N-dealkylation sites (tertiary alicyclic amines) is 1. The van der Waals surface area contributed by atoms with Gasteiger partial charge in [-0.25, -0.2) is 14.8 Å². The molecule has 1 N–H and O–H groups in total. The molecule has 0 amide bonds. The summed E-state index contributed by atoms with van der Waals surface area (Å²) in [7, 11) is 0. The molecule has 0 saturated carbocycles. The smallest absolute Gasteiger partial charge is 0.312 e. The van der Waals surface area contributed by atoms with Crippen LogP contribution in [-0.4, -0.2) is 45.3 Å². The van der Waals surface area contributed by atoms with Crippen LogP contribution < -0.4 is 5.69 Å². The highest BCUT2D eigenvalue weighted by Gasteiger charge is 2.30. The van der Waals surface area contributed by atoms with Gasteiger partial charge in [0.25, 0.3) is 0 Å². The Kier molecular flexibility index (Phi) is 8.42. The standard InChI is InChI=1S/C35H42N4O2S/c1-35(2,3)29-11-12-30-26(18-29)17-27-20-32(42-33(27)38-30)31(40)19-25(13-16-39-14-5-4-6-15-39)23-7-9-24(10-8-23)28-21-36-34(41)37-22-28/h7-10,17,20-22,25,29H,4-6,11-16,18-19H2,1-3H3,(H,36,37,41)/t25-,29-/m0/s1. The average molecular weight is 583 g/mol. The summed E-state index contributed by atoms with van der Waals surface area (Å²) in [5.41, 5.74) is 5.58. The lowest BCUT2D eigenvalue weighted by atomic mass is 9.71. The van der Waals surface area contributed by atoms with E-state index >= 15 is 0 Å². The number of aryl methyl sites for hydroxylation is 1. The number of nitrogens with zero attached hydrogens (tertiary/aromatic N) is 3. The number of hydrogen-bond acceptors (Lipinski definition) is 6. The molecule has 4 aromatic rings. The molecule has 3 aromatic heterocycles. The number of rotatable bonds is 8. The van der Waals surface area contributed by atoms with Gasteiger partial charge in [-0.2, -0.15) is 0 Å². The van der Waals surface area contributed by atoms with Crippen molar-refractivity contribution in [3.05, 3.63) is 81.0 Å². The molecule has 1 aromatic carbocycles. The Bertz CT molecular complexity index is 1590. The van der Waals surface area contributed by atoms with E-state index in [0.717, 1.165) is 65.1 Å². The summed E-state index contributed by atoms with van der Waals surface area (Å²) >= 11 is 1.56. The third kappa shape index (κ3) is 6.57. The van der Waals surface area contributed by atoms with Gasteiger partial charge in [0.15, 0.2) is 5.78 Å². The molecule has 220 valence electrons. The molecule has 0 radical (unpaired) electrons. The summed E-state index contributed by atoms with van der Waals surface area (Å²) in [6.07, 6.45) is 11.9. The molecule has 1 fully saturated rings. The minimum atomic E-state index is -0.350. The van der Waals surface area contributed by atoms with Gasteiger partial charge in [-0.1, -0.05) is 51.5 Å². The van der Waals surface area contributed by atoms with E-state index in [0.29, 0.717) is 17.8 Å². The van der Waals surface area contributed by atoms with Gasteiger partial charge in [-0.05, 0) is 104 Å². The van der Waals surface area contributed by atoms with Gasteiger partial charge in [-0.3, -0.25) is 4.79 Å². The molecule has 1 saturated heterocycles. The number of pyridine rings is 1. The van der Waals surface area contributed by atoms with E-state index < -0.39 is 0 Å². The first kappa shape index (κ1) is 28.9. The molecule has 6 nitrogen and oxygen atoms in total. The first-order chi connectivity index (χ1) is 20.2. The number of nitrogens with one attached hydrogen (secondary N) is 1. The molecule has 42 heavy (non-hydrogen) atoms. The van der Waals surface area contributed by atoms with E-state index in [1.54, 1.807) is 23.7 Å². The molecule has 6 rings (SSSR count). The second-order valence-corrected chi connectivity index (χ2v) is 14.4. The van der Waals surface area contributed by atoms with Crippen molar-refractivity contribution in [3.63, 3.8) is 0 Å². The van der Waals surface area contributed by atoms with Crippen LogP contribution in [0.25, 0.3) is 21.3 Å². The third-order valence-corrected chi connectivity index (χ3v) is 10.5. The van der Waals surface area contributed by atoms with Gasteiger partial charge in [0.05, 0.1) is 4.88 Å². The summed E-state index contributed by atoms with van der Waals surface area (Å²) in [6, 6.07) is 12.8. The van der Waals surface area contributed by atoms with Crippen LogP contribution in [0, 0.1) is 11.3 Å². The zero-order chi connectivity index (χ0) is 29.3. The maximum absolute atomic E-state index is 13.8. The molecule has 0 bridgehead atoms. The zero-order valence-electron chi connectivity index (χ0n) is 25.1. The highest BCUT2D eigenvalue weighted by atomic mass is 32.1. The number of ketones is 1. The number of carbonyl (C=O) groups excluding carboxylic acids is 1. The molecule has 1 aliphatic carbocycles. The number of aromatic amines is 1. The van der Waals surface area contributed by atoms with Gasteiger partial charge in [0.1, 0.15) is 4.83 Å². The lowest BCUT2D eigenvalue weighted by Gasteiger charge is -2.34. The number of Topliss-reactive ketones (excluding diaryl/α,β-unsaturated/α-hetero) is 1. The van der Waals surface area contributed by atoms with E-state index in [-0.39, 0.29) is 17.4 Å². The maximum Gasteiger partial charge on any atom is 0.344 e. The maximum atomic E-state index is 13.8. The molecule has 0 unspecified atom stereocenters. The number of carbonyl (C=O) groups is 1. The van der Waals surface area contributed by atoms with Crippen molar-refractivity contribution >= 4 is 27.3 Å². The normalized spacial score (nSPS) is 18.6. The minimum Gasteiger partial charge on any atom is -0.312 e. The Hall–Kier alpha value is -3.16. The van der Waals surface area contributed by atoms with Crippen molar-refractivity contribution in [2.45, 2.75) is 78.1 Å². The Morgan fingerprint density at radius 2 is 1.88 bits per heavy atom. The lowest BCUT2D eigenvalue weighted by Crippen LogP contribution is -2.31. The van der Waals surface area contributed by atoms with E-state index in [1.165, 1.54) is 42.5 Å². The lowest BCUT2D eigenvalue weighted by molar-refractivity contribution is 0.0973. The SMILES string of the molecule is CC(C)(C)[C@H]1CCc2nc3sc(C(=O)C[C@H](CCN4CCCCC4)c4ccc(-c5cnc(=O)[nH]c5)cc4)cc3cc2C1. The Morgan fingerprint density at radius 1 is 1.10 bits per heavy atom. The predicted octanol–water partition coefficient (Wildman–Crippen LogP) is 7.43. The van der Waals surface area contributed by atoms with Crippen molar-refractivity contribution in [1.82, 2.24) is 19.9 Å². The highest BCUT2D eigenvalue weighted by Crippen LogP contribution is 2.39. The number of H-pyrrole nitrogens is 1. The zero-order valence-corrected chi connectivity index (χ0v) is 25.9. The molecule has 4 heterocycles. The number of hydrogen-bond donors (Lipinski definition) is 1. The van der Waals surface area contributed by atoms with Crippen LogP contribution in [0.5, 0.6) is 0 Å². The van der Waals surface area contributed by atoms with Crippen LogP contribution in [0.4, 0.5) is 0 Å². The molecule has 2 atom stereocenters. The molecule has 7 heteroatoms. The summed E-state index contributed by atoms with van der Waals surface area (Å²) in [6.45, 7) is 10.3. The molecule has 2 aliphatic rings. The van der Waals surface area contributed by atoms with Crippen LogP contribution in [0.15, 0.2) is 53.6 Å². The van der Waals surface area contributed by atoms with Gasteiger partial charge in [0.2, 0.25) is 0 Å². The van der Waals surface area contributed by atoms with E-state index in [1.807, 2.05) is 0 Å². The van der Waals surface area contributed by atoms with Gasteiger partial charge >= 0.3 is 5.69 Å². The number of fused-ring (bicyclic) bond motifs is 2. The van der Waals surface area contributed by atoms with Crippen LogP contribution in [-0.2, 0) is 12.8 Å². The number of benzene rings is 1. The average Bonchev–Trinajstić information content (AvgIpc) is 3.41. The summed E-state index contributed by atoms with van der Waals surface area (Å²) in [4.78, 5) is 41.1. The van der Waals surface area contributed by atoms with Gasteiger partial charge < -0.3 is 9.88 Å². The van der Waals surface area contributed by atoms with Crippen molar-refractivity contribution in [1.29, 1.82) is 0 Å². The second-order valence-electron chi connectivity index (χ2n) is 13.3. The number of piperidine rings is 1. The Balaban J connectivity index is 1.22. The number of thiophene rings is 1. The van der Waals surface area contributed by atoms with Gasteiger partial charge in [0, 0.05) is 35.5 Å². The quantitative estimate of drug-likeness (QED) is 0.219. The van der Waals surface area contributed by atoms with Crippen LogP contribution in [0.3, 0.4) is 0 Å². The second kappa shape index (κ2) is 12.2. The molecule has 0 spiro atoms. The number of aromatic nitrogens is 3. The largest absolute Gasteiger partial charge is 0.344 e. The summed E-state index contributed by atoms with van der Waals surface area (Å²) in [5, 5.41) is 1.11. The fraction of sp³-hybridized carbons (Fsp3) is 0.486. The molecular weight excluding hydrogens is 540 g/mol. The van der Waals surface area contributed by atoms with E-state index in [4.69, 9.17) is 4.98 Å². The van der Waals surface area contributed by atoms with Crippen molar-refractivity contribution < 1.29 is 4.79 Å². The Morgan fingerprint density at radius 3 is 2.60 bits per heavy atom. The highest BCUT2D eigenvalue weighted by molar-refractivity contribution is 7.20. The predicted molar refractivity (Wildman–Crippen MR) is 171 cm³/mol. The molecular formula is C35H42N4O2S. The van der Waals surface area contributed by atoms with Crippen molar-refractivity contribution in [2.75, 3.05) is 19.6 Å². The summed E-state index contributed by atoms with van der Waals surface area (Å²) in [5.74, 6) is 1.01. The monoisotopic (exact) mass is 582 g/mol. The van der Waals surface area contributed by atoms with Gasteiger partial charge in [-0.15, -0.1) is 11.3 Å². The first-order valence-corrected chi connectivity index (χ1v) is 16.4. The topological polar surface area (TPSA) is 79.0 Å². The van der Waals surface area contributed by atoms with Crippen LogP contribution in [0.1, 0.15) is 91.7 Å². The first-order valence-electron chi connectivity index (χ1n) is 15.6.